The quantitative estimate of drug-likeness (QED) is 0.678. The summed E-state index contributed by atoms with van der Waals surface area (Å²) in [5.74, 6) is -1.47. The van der Waals surface area contributed by atoms with Gasteiger partial charge in [-0.2, -0.15) is 0 Å². The highest BCUT2D eigenvalue weighted by Crippen LogP contribution is 2.15. The van der Waals surface area contributed by atoms with Gasteiger partial charge in [-0.05, 0) is 42.5 Å². The lowest BCUT2D eigenvalue weighted by atomic mass is 10.1. The van der Waals surface area contributed by atoms with E-state index >= 15 is 0 Å². The van der Waals surface area contributed by atoms with E-state index in [2.05, 4.69) is 10.3 Å². The van der Waals surface area contributed by atoms with E-state index in [4.69, 9.17) is 10.2 Å². The zero-order valence-electron chi connectivity index (χ0n) is 11.3. The number of carbonyl (C=O) groups is 2. The number of hydrogen-bond donors (Lipinski definition) is 3. The largest absolute Gasteiger partial charge is 0.417 e. The second-order valence-electron chi connectivity index (χ2n) is 4.62. The molecule has 0 aliphatic heterocycles. The van der Waals surface area contributed by atoms with Crippen molar-refractivity contribution in [3.63, 3.8) is 0 Å². The zero-order chi connectivity index (χ0) is 15.7. The molecule has 22 heavy (non-hydrogen) atoms. The first-order valence-corrected chi connectivity index (χ1v) is 6.37. The molecule has 7 nitrogen and oxygen atoms in total. The number of nitrogens with one attached hydrogen (secondary N) is 2. The van der Waals surface area contributed by atoms with Crippen molar-refractivity contribution < 1.29 is 14.0 Å². The summed E-state index contributed by atoms with van der Waals surface area (Å²) < 4.78 is 4.91. The summed E-state index contributed by atoms with van der Waals surface area (Å²) in [6, 6.07) is 10.8. The molecule has 4 N–H and O–H groups in total. The first kappa shape index (κ1) is 13.6. The van der Waals surface area contributed by atoms with Crippen molar-refractivity contribution in [2.24, 2.45) is 5.73 Å². The van der Waals surface area contributed by atoms with Crippen molar-refractivity contribution in [1.29, 1.82) is 0 Å². The molecule has 3 aromatic rings. The van der Waals surface area contributed by atoms with Crippen LogP contribution in [0.3, 0.4) is 0 Å². The van der Waals surface area contributed by atoms with Crippen LogP contribution >= 0.6 is 0 Å². The summed E-state index contributed by atoms with van der Waals surface area (Å²) in [7, 11) is 0. The van der Waals surface area contributed by atoms with Gasteiger partial charge in [0.15, 0.2) is 5.58 Å². The van der Waals surface area contributed by atoms with Crippen molar-refractivity contribution in [3.8, 4) is 0 Å². The van der Waals surface area contributed by atoms with Crippen LogP contribution in [0.4, 0.5) is 5.69 Å². The Morgan fingerprint density at radius 3 is 2.41 bits per heavy atom. The molecule has 0 saturated carbocycles. The Kier molecular flexibility index (Phi) is 3.23. The van der Waals surface area contributed by atoms with E-state index in [0.29, 0.717) is 27.9 Å². The number of carbonyl (C=O) groups excluding carboxylic acids is 2. The fraction of sp³-hybridized carbons (Fsp3) is 0. The van der Waals surface area contributed by atoms with E-state index < -0.39 is 11.7 Å². The van der Waals surface area contributed by atoms with E-state index in [1.807, 2.05) is 0 Å². The number of anilines is 1. The minimum absolute atomic E-state index is 0.307. The number of fused-ring (bicyclic) bond motifs is 1. The molecule has 2 aromatic carbocycles. The highest BCUT2D eigenvalue weighted by atomic mass is 16.4. The molecule has 0 fully saturated rings. The third-order valence-electron chi connectivity index (χ3n) is 3.11. The van der Waals surface area contributed by atoms with Crippen molar-refractivity contribution in [1.82, 2.24) is 4.98 Å². The van der Waals surface area contributed by atoms with Crippen LogP contribution in [-0.2, 0) is 0 Å². The SMILES string of the molecule is NC(=O)c1ccc(NC(=O)c2ccc3[nH]c(=O)oc3c2)cc1. The van der Waals surface area contributed by atoms with Gasteiger partial charge >= 0.3 is 5.76 Å². The number of nitrogens with two attached hydrogens (primary N) is 1. The molecule has 7 heteroatoms. The number of aromatic nitrogens is 1. The molecular weight excluding hydrogens is 286 g/mol. The second kappa shape index (κ2) is 5.21. The van der Waals surface area contributed by atoms with E-state index in [0.717, 1.165) is 0 Å². The number of amides is 2. The van der Waals surface area contributed by atoms with Crippen LogP contribution in [0.2, 0.25) is 0 Å². The van der Waals surface area contributed by atoms with E-state index in [-0.39, 0.29) is 5.91 Å². The molecule has 3 rings (SSSR count). The van der Waals surface area contributed by atoms with Crippen molar-refractivity contribution in [2.45, 2.75) is 0 Å². The first-order valence-electron chi connectivity index (χ1n) is 6.37. The summed E-state index contributed by atoms with van der Waals surface area (Å²) in [4.78, 5) is 36.7. The maximum atomic E-state index is 12.2. The third kappa shape index (κ3) is 2.59. The zero-order valence-corrected chi connectivity index (χ0v) is 11.3. The Morgan fingerprint density at radius 2 is 1.73 bits per heavy atom. The molecule has 0 unspecified atom stereocenters. The fourth-order valence-electron chi connectivity index (χ4n) is 2.01. The smallest absolute Gasteiger partial charge is 0.408 e. The summed E-state index contributed by atoms with van der Waals surface area (Å²) >= 11 is 0. The van der Waals surface area contributed by atoms with Gasteiger partial charge in [-0.1, -0.05) is 0 Å². The van der Waals surface area contributed by atoms with Gasteiger partial charge < -0.3 is 15.5 Å². The minimum Gasteiger partial charge on any atom is -0.408 e. The van der Waals surface area contributed by atoms with E-state index in [1.165, 1.54) is 18.2 Å². The van der Waals surface area contributed by atoms with Crippen LogP contribution < -0.4 is 16.8 Å². The van der Waals surface area contributed by atoms with Crippen LogP contribution in [0.25, 0.3) is 11.1 Å². The summed E-state index contributed by atoms with van der Waals surface area (Å²) in [5, 5.41) is 2.67. The molecule has 0 aliphatic carbocycles. The maximum Gasteiger partial charge on any atom is 0.417 e. The summed E-state index contributed by atoms with van der Waals surface area (Å²) in [6.07, 6.45) is 0. The average molecular weight is 297 g/mol. The fourth-order valence-corrected chi connectivity index (χ4v) is 2.01. The van der Waals surface area contributed by atoms with Crippen LogP contribution in [0, 0.1) is 0 Å². The maximum absolute atomic E-state index is 12.2. The normalized spacial score (nSPS) is 10.5. The monoisotopic (exact) mass is 297 g/mol. The van der Waals surface area contributed by atoms with Crippen molar-refractivity contribution >= 4 is 28.6 Å². The van der Waals surface area contributed by atoms with Gasteiger partial charge in [-0.25, -0.2) is 4.79 Å². The lowest BCUT2D eigenvalue weighted by Gasteiger charge is -2.05. The Hall–Kier alpha value is -3.35. The number of benzene rings is 2. The predicted octanol–water partition coefficient (Wildman–Crippen LogP) is 1.47. The van der Waals surface area contributed by atoms with Gasteiger partial charge in [0.1, 0.15) is 0 Å². The van der Waals surface area contributed by atoms with Gasteiger partial charge in [0, 0.05) is 16.8 Å². The standard InChI is InChI=1S/C15H11N3O4/c16-13(19)8-1-4-10(5-2-8)17-14(20)9-3-6-11-12(7-9)22-15(21)18-11/h1-7H,(H2,16,19)(H,17,20)(H,18,21). The number of hydrogen-bond acceptors (Lipinski definition) is 4. The third-order valence-corrected chi connectivity index (χ3v) is 3.11. The predicted molar refractivity (Wildman–Crippen MR) is 79.7 cm³/mol. The van der Waals surface area contributed by atoms with Crippen LogP contribution in [0.5, 0.6) is 0 Å². The highest BCUT2D eigenvalue weighted by molar-refractivity contribution is 6.06. The first-order chi connectivity index (χ1) is 10.5. The van der Waals surface area contributed by atoms with Gasteiger partial charge in [0.05, 0.1) is 5.52 Å². The molecule has 110 valence electrons. The molecule has 1 heterocycles. The topological polar surface area (TPSA) is 118 Å². The van der Waals surface area contributed by atoms with Crippen molar-refractivity contribution in [2.75, 3.05) is 5.32 Å². The molecule has 0 spiro atoms. The molecule has 0 bridgehead atoms. The van der Waals surface area contributed by atoms with Crippen LogP contribution in [-0.4, -0.2) is 16.8 Å². The van der Waals surface area contributed by atoms with E-state index in [1.54, 1.807) is 24.3 Å². The number of aromatic amines is 1. The number of oxazole rings is 1. The van der Waals surface area contributed by atoms with Gasteiger partial charge in [0.25, 0.3) is 5.91 Å². The molecule has 0 atom stereocenters. The van der Waals surface area contributed by atoms with Crippen molar-refractivity contribution in [3.05, 3.63) is 64.1 Å². The molecular formula is C15H11N3O4. The molecule has 1 aromatic heterocycles. The number of rotatable bonds is 3. The van der Waals surface area contributed by atoms with Gasteiger partial charge in [-0.3, -0.25) is 14.6 Å². The van der Waals surface area contributed by atoms with Crippen LogP contribution in [0.15, 0.2) is 51.7 Å². The molecule has 2 amide bonds. The number of primary amides is 1. The lowest BCUT2D eigenvalue weighted by Crippen LogP contribution is -2.13. The Morgan fingerprint density at radius 1 is 1.05 bits per heavy atom. The highest BCUT2D eigenvalue weighted by Gasteiger charge is 2.10. The second-order valence-corrected chi connectivity index (χ2v) is 4.62. The Bertz CT molecular complexity index is 922. The Labute approximate surface area is 123 Å². The lowest BCUT2D eigenvalue weighted by molar-refractivity contribution is 0.0998. The summed E-state index contributed by atoms with van der Waals surface area (Å²) in [6.45, 7) is 0. The molecule has 0 aliphatic rings. The number of H-pyrrole nitrogens is 1. The van der Waals surface area contributed by atoms with E-state index in [9.17, 15) is 14.4 Å². The minimum atomic E-state index is -0.574. The van der Waals surface area contributed by atoms with Gasteiger partial charge in [0.2, 0.25) is 5.91 Å². The molecule has 0 saturated heterocycles. The Balaban J connectivity index is 1.83. The van der Waals surface area contributed by atoms with Gasteiger partial charge in [-0.15, -0.1) is 0 Å². The average Bonchev–Trinajstić information content (AvgIpc) is 2.86. The van der Waals surface area contributed by atoms with Crippen LogP contribution in [0.1, 0.15) is 20.7 Å². The summed E-state index contributed by atoms with van der Waals surface area (Å²) in [5.41, 5.74) is 7.19. The molecule has 0 radical (unpaired) electrons.